The van der Waals surface area contributed by atoms with Crippen molar-refractivity contribution in [3.05, 3.63) is 63.8 Å². The summed E-state index contributed by atoms with van der Waals surface area (Å²) in [6.07, 6.45) is -4.42. The first-order valence-electron chi connectivity index (χ1n) is 7.19. The Hall–Kier alpha value is -2.45. The van der Waals surface area contributed by atoms with Crippen molar-refractivity contribution < 1.29 is 22.8 Å². The van der Waals surface area contributed by atoms with Gasteiger partial charge in [-0.2, -0.15) is 18.6 Å². The van der Waals surface area contributed by atoms with Crippen LogP contribution in [0.15, 0.2) is 42.5 Å². The van der Waals surface area contributed by atoms with Gasteiger partial charge >= 0.3 is 6.18 Å². The normalized spacial score (nSPS) is 15.0. The third-order valence-corrected chi connectivity index (χ3v) is 3.96. The molecule has 0 fully saturated rings. The van der Waals surface area contributed by atoms with Gasteiger partial charge in [-0.1, -0.05) is 21.6 Å². The van der Waals surface area contributed by atoms with Gasteiger partial charge in [-0.15, -0.1) is 0 Å². The van der Waals surface area contributed by atoms with E-state index in [0.29, 0.717) is 26.9 Å². The Morgan fingerprint density at radius 2 is 1.88 bits per heavy atom. The number of alkyl halides is 3. The minimum Gasteiger partial charge on any atom is -0.595 e. The number of methoxy groups -OCH3 is 1. The molecule has 1 aliphatic heterocycles. The molecule has 2 aromatic rings. The van der Waals surface area contributed by atoms with Gasteiger partial charge in [-0.25, -0.2) is 0 Å². The molecular weight excluding hydrogens is 359 g/mol. The van der Waals surface area contributed by atoms with E-state index >= 15 is 0 Å². The molecule has 9 heteroatoms. The molecule has 5 nitrogen and oxygen atoms in total. The molecule has 0 spiro atoms. The van der Waals surface area contributed by atoms with E-state index in [-0.39, 0.29) is 12.3 Å². The van der Waals surface area contributed by atoms with E-state index in [4.69, 9.17) is 16.3 Å². The Kier molecular flexibility index (Phi) is 4.49. The Balaban J connectivity index is 1.96. The molecule has 25 heavy (non-hydrogen) atoms. The average Bonchev–Trinajstić information content (AvgIpc) is 2.95. The van der Waals surface area contributed by atoms with Gasteiger partial charge in [0.05, 0.1) is 12.7 Å². The van der Waals surface area contributed by atoms with E-state index in [1.165, 1.54) is 24.4 Å². The highest BCUT2D eigenvalue weighted by Crippen LogP contribution is 2.32. The first kappa shape index (κ1) is 17.4. The third-order valence-electron chi connectivity index (χ3n) is 3.72. The van der Waals surface area contributed by atoms with Crippen molar-refractivity contribution in [3.63, 3.8) is 0 Å². The minimum atomic E-state index is -4.42. The van der Waals surface area contributed by atoms with Gasteiger partial charge in [0.1, 0.15) is 12.3 Å². The Morgan fingerprint density at radius 1 is 1.20 bits per heavy atom. The molecule has 0 atom stereocenters. The standard InChI is InChI=1S/C16H13ClF3N3O2/c1-25-15-7-6-12(17)8-13(15)22-21-9-14(23(22)24)10-2-4-11(5-3-10)16(18,19)20/h2-8,21H,9H2,1H3. The van der Waals surface area contributed by atoms with Crippen LogP contribution in [0.1, 0.15) is 11.1 Å². The van der Waals surface area contributed by atoms with Crippen LogP contribution in [-0.2, 0) is 6.18 Å². The predicted molar refractivity (Wildman–Crippen MR) is 87.7 cm³/mol. The van der Waals surface area contributed by atoms with E-state index in [1.54, 1.807) is 18.2 Å². The summed E-state index contributed by atoms with van der Waals surface area (Å²) < 4.78 is 43.2. The van der Waals surface area contributed by atoms with Crippen molar-refractivity contribution in [2.75, 3.05) is 18.8 Å². The molecular formula is C16H13ClF3N3O2. The zero-order valence-electron chi connectivity index (χ0n) is 13.0. The van der Waals surface area contributed by atoms with Crippen LogP contribution in [0.25, 0.3) is 0 Å². The van der Waals surface area contributed by atoms with Crippen molar-refractivity contribution in [3.8, 4) is 5.75 Å². The summed E-state index contributed by atoms with van der Waals surface area (Å²) in [5.41, 5.74) is 3.15. The van der Waals surface area contributed by atoms with Crippen LogP contribution >= 0.6 is 11.6 Å². The highest BCUT2D eigenvalue weighted by Gasteiger charge is 2.33. The maximum Gasteiger partial charge on any atom is 0.416 e. The van der Waals surface area contributed by atoms with Crippen molar-refractivity contribution in [1.82, 2.24) is 5.43 Å². The maximum absolute atomic E-state index is 12.7. The van der Waals surface area contributed by atoms with Crippen LogP contribution in [0.3, 0.4) is 0 Å². The lowest BCUT2D eigenvalue weighted by Crippen LogP contribution is -2.37. The number of nitrogens with zero attached hydrogens (tertiary/aromatic N) is 2. The summed E-state index contributed by atoms with van der Waals surface area (Å²) in [5, 5.41) is 14.2. The van der Waals surface area contributed by atoms with Gasteiger partial charge in [-0.05, 0) is 42.5 Å². The van der Waals surface area contributed by atoms with E-state index in [0.717, 1.165) is 12.1 Å². The van der Waals surface area contributed by atoms with Gasteiger partial charge in [-0.3, -0.25) is 0 Å². The van der Waals surface area contributed by atoms with Gasteiger partial charge in [0.15, 0.2) is 5.69 Å². The van der Waals surface area contributed by atoms with Crippen molar-refractivity contribution in [2.45, 2.75) is 6.18 Å². The molecule has 1 N–H and O–H groups in total. The maximum atomic E-state index is 12.7. The first-order valence-corrected chi connectivity index (χ1v) is 7.57. The van der Waals surface area contributed by atoms with Crippen LogP contribution in [0, 0.1) is 5.21 Å². The fourth-order valence-corrected chi connectivity index (χ4v) is 2.64. The highest BCUT2D eigenvalue weighted by molar-refractivity contribution is 6.30. The number of benzene rings is 2. The number of anilines is 1. The lowest BCUT2D eigenvalue weighted by molar-refractivity contribution is -0.470. The molecule has 0 saturated carbocycles. The lowest BCUT2D eigenvalue weighted by atomic mass is 10.1. The molecule has 3 rings (SSSR count). The molecule has 1 aliphatic rings. The predicted octanol–water partition coefficient (Wildman–Crippen LogP) is 3.61. The van der Waals surface area contributed by atoms with Gasteiger partial charge < -0.3 is 9.94 Å². The lowest BCUT2D eigenvalue weighted by Gasteiger charge is -2.18. The number of hydrogen-bond donors (Lipinski definition) is 1. The summed E-state index contributed by atoms with van der Waals surface area (Å²) in [6.45, 7) is 0.143. The Bertz CT molecular complexity index is 822. The van der Waals surface area contributed by atoms with Gasteiger partial charge in [0.2, 0.25) is 5.71 Å². The fraction of sp³-hybridized carbons (Fsp3) is 0.188. The first-order chi connectivity index (χ1) is 11.8. The largest absolute Gasteiger partial charge is 0.595 e. The minimum absolute atomic E-state index is 0.143. The van der Waals surface area contributed by atoms with Crippen molar-refractivity contribution in [1.29, 1.82) is 0 Å². The number of hydrazine groups is 2. The average molecular weight is 372 g/mol. The van der Waals surface area contributed by atoms with E-state index in [9.17, 15) is 18.4 Å². The van der Waals surface area contributed by atoms with Crippen LogP contribution in [0.4, 0.5) is 18.9 Å². The van der Waals surface area contributed by atoms with E-state index in [2.05, 4.69) is 5.43 Å². The number of rotatable bonds is 3. The molecule has 0 saturated heterocycles. The van der Waals surface area contributed by atoms with Crippen LogP contribution in [0.5, 0.6) is 5.75 Å². The monoisotopic (exact) mass is 371 g/mol. The molecule has 0 unspecified atom stereocenters. The van der Waals surface area contributed by atoms with Crippen molar-refractivity contribution >= 4 is 23.0 Å². The second kappa shape index (κ2) is 6.45. The summed E-state index contributed by atoms with van der Waals surface area (Å²) in [6, 6.07) is 9.21. The SMILES string of the molecule is COc1ccc(Cl)cc1N1NCC(c2ccc(C(F)(F)F)cc2)=[N+]1[O-]. The molecule has 2 aromatic carbocycles. The van der Waals surface area contributed by atoms with Crippen molar-refractivity contribution in [2.24, 2.45) is 0 Å². The summed E-state index contributed by atoms with van der Waals surface area (Å²) in [4.78, 5) is 0.566. The second-order valence-electron chi connectivity index (χ2n) is 5.26. The molecule has 132 valence electrons. The number of hydrazone groups is 1. The van der Waals surface area contributed by atoms with Crippen LogP contribution in [0.2, 0.25) is 5.02 Å². The van der Waals surface area contributed by atoms with Gasteiger partial charge in [0, 0.05) is 10.6 Å². The van der Waals surface area contributed by atoms with E-state index < -0.39 is 11.7 Å². The molecule has 1 heterocycles. The molecule has 0 aromatic heterocycles. The number of hydrogen-bond acceptors (Lipinski definition) is 4. The quantitative estimate of drug-likeness (QED) is 0.661. The second-order valence-corrected chi connectivity index (χ2v) is 5.69. The summed E-state index contributed by atoms with van der Waals surface area (Å²) in [5.74, 6) is 0.423. The smallest absolute Gasteiger partial charge is 0.416 e. The molecule has 0 bridgehead atoms. The number of nitrogens with one attached hydrogen (secondary N) is 1. The zero-order valence-corrected chi connectivity index (χ0v) is 13.7. The number of ether oxygens (including phenoxy) is 1. The molecule has 0 radical (unpaired) electrons. The topological polar surface area (TPSA) is 50.6 Å². The van der Waals surface area contributed by atoms with Crippen LogP contribution in [-0.4, -0.2) is 24.2 Å². The third kappa shape index (κ3) is 3.35. The molecule has 0 amide bonds. The summed E-state index contributed by atoms with van der Waals surface area (Å²) >= 11 is 5.97. The van der Waals surface area contributed by atoms with Crippen LogP contribution < -0.4 is 15.3 Å². The molecule has 0 aliphatic carbocycles. The zero-order chi connectivity index (χ0) is 18.2. The number of halogens is 4. The van der Waals surface area contributed by atoms with Gasteiger partial charge in [0.25, 0.3) is 0 Å². The summed E-state index contributed by atoms with van der Waals surface area (Å²) in [7, 11) is 1.46. The fourth-order valence-electron chi connectivity index (χ4n) is 2.48. The highest BCUT2D eigenvalue weighted by atomic mass is 35.5. The Morgan fingerprint density at radius 3 is 2.48 bits per heavy atom. The van der Waals surface area contributed by atoms with E-state index in [1.807, 2.05) is 0 Å². The Labute approximate surface area is 146 Å².